The Bertz CT molecular complexity index is 1310. The first-order chi connectivity index (χ1) is 16.4. The van der Waals surface area contributed by atoms with Crippen molar-refractivity contribution >= 4 is 23.4 Å². The lowest BCUT2D eigenvalue weighted by Crippen LogP contribution is -2.16. The molecule has 0 aliphatic rings. The molecule has 0 unspecified atom stereocenters. The average molecular weight is 475 g/mol. The number of nitrogens with one attached hydrogen (secondary N) is 1. The van der Waals surface area contributed by atoms with Crippen LogP contribution in [0.2, 0.25) is 0 Å². The van der Waals surface area contributed by atoms with Crippen LogP contribution in [-0.4, -0.2) is 36.2 Å². The van der Waals surface area contributed by atoms with E-state index in [4.69, 9.17) is 0 Å². The summed E-state index contributed by atoms with van der Waals surface area (Å²) in [4.78, 5) is 12.8. The molecule has 0 radical (unpaired) electrons. The lowest BCUT2D eigenvalue weighted by atomic mass is 10.1. The van der Waals surface area contributed by atoms with Gasteiger partial charge in [0, 0.05) is 12.1 Å². The third-order valence-corrected chi connectivity index (χ3v) is 6.57. The third-order valence-electron chi connectivity index (χ3n) is 5.61. The van der Waals surface area contributed by atoms with E-state index >= 15 is 0 Å². The molecule has 2 heterocycles. The Kier molecular flexibility index (Phi) is 7.17. The Morgan fingerprint density at radius 1 is 1.00 bits per heavy atom. The molecule has 0 atom stereocenters. The van der Waals surface area contributed by atoms with E-state index in [9.17, 15) is 4.79 Å². The largest absolute Gasteiger partial charge is 0.322 e. The number of hydrogen-bond acceptors (Lipinski definition) is 5. The molecule has 4 rings (SSSR count). The van der Waals surface area contributed by atoms with Crippen molar-refractivity contribution in [3.05, 3.63) is 71.0 Å². The number of thioether (sulfide) groups is 1. The number of benzene rings is 2. The minimum atomic E-state index is -0.0946. The molecule has 176 valence electrons. The maximum absolute atomic E-state index is 12.8. The fourth-order valence-electron chi connectivity index (χ4n) is 3.88. The molecule has 7 nitrogen and oxygen atoms in total. The maximum atomic E-state index is 12.8. The van der Waals surface area contributed by atoms with E-state index in [0.29, 0.717) is 0 Å². The van der Waals surface area contributed by atoms with Gasteiger partial charge in [-0.3, -0.25) is 4.79 Å². The number of hydrogen-bond donors (Lipinski definition) is 1. The van der Waals surface area contributed by atoms with Gasteiger partial charge < -0.3 is 9.88 Å². The van der Waals surface area contributed by atoms with Crippen LogP contribution in [0.1, 0.15) is 35.9 Å². The van der Waals surface area contributed by atoms with Crippen molar-refractivity contribution in [2.75, 3.05) is 11.1 Å². The first-order valence-electron chi connectivity index (χ1n) is 11.4. The number of carbonyl (C=O) groups is 1. The summed E-state index contributed by atoms with van der Waals surface area (Å²) in [5, 5.41) is 17.2. The van der Waals surface area contributed by atoms with Crippen molar-refractivity contribution in [2.45, 2.75) is 52.7 Å². The van der Waals surface area contributed by atoms with Crippen molar-refractivity contribution in [3.63, 3.8) is 0 Å². The smallest absolute Gasteiger partial charge is 0.234 e. The van der Waals surface area contributed by atoms with E-state index in [1.54, 1.807) is 0 Å². The first kappa shape index (κ1) is 23.8. The molecule has 2 aromatic carbocycles. The average Bonchev–Trinajstić information content (AvgIpc) is 3.34. The van der Waals surface area contributed by atoms with E-state index in [1.807, 2.05) is 42.8 Å². The Morgan fingerprint density at radius 3 is 2.47 bits per heavy atom. The van der Waals surface area contributed by atoms with Crippen molar-refractivity contribution in [1.82, 2.24) is 24.5 Å². The quantitative estimate of drug-likeness (QED) is 0.341. The number of nitrogens with zero attached hydrogens (tertiary/aromatic N) is 5. The zero-order valence-corrected chi connectivity index (χ0v) is 21.1. The lowest BCUT2D eigenvalue weighted by Gasteiger charge is -2.10. The molecule has 8 heteroatoms. The van der Waals surface area contributed by atoms with Gasteiger partial charge in [-0.25, -0.2) is 4.68 Å². The second kappa shape index (κ2) is 10.3. The molecule has 34 heavy (non-hydrogen) atoms. The lowest BCUT2D eigenvalue weighted by molar-refractivity contribution is -0.113. The van der Waals surface area contributed by atoms with Gasteiger partial charge in [-0.15, -0.1) is 10.2 Å². The van der Waals surface area contributed by atoms with Gasteiger partial charge in [0.1, 0.15) is 0 Å². The summed E-state index contributed by atoms with van der Waals surface area (Å²) in [6.07, 6.45) is 0.952. The van der Waals surface area contributed by atoms with Gasteiger partial charge in [0.2, 0.25) is 5.91 Å². The van der Waals surface area contributed by atoms with Crippen LogP contribution >= 0.6 is 11.8 Å². The maximum Gasteiger partial charge on any atom is 0.234 e. The second-order valence-electron chi connectivity index (χ2n) is 8.46. The van der Waals surface area contributed by atoms with Crippen molar-refractivity contribution in [1.29, 1.82) is 0 Å². The van der Waals surface area contributed by atoms with Crippen LogP contribution in [0.15, 0.2) is 53.7 Å². The standard InChI is InChI=1S/C26H30N6OS/c1-6-14-31-25(21-9-7-8-18(3)15-21)28-29-26(31)34-16-23(33)27-24-19(4)30-32(20(24)5)22-12-10-17(2)11-13-22/h7-13,15H,6,14,16H2,1-5H3,(H,27,33). The molecule has 0 bridgehead atoms. The summed E-state index contributed by atoms with van der Waals surface area (Å²) in [7, 11) is 0. The van der Waals surface area contributed by atoms with Gasteiger partial charge in [-0.1, -0.05) is 60.1 Å². The highest BCUT2D eigenvalue weighted by atomic mass is 32.2. The van der Waals surface area contributed by atoms with Gasteiger partial charge in [0.25, 0.3) is 0 Å². The van der Waals surface area contributed by atoms with Crippen LogP contribution in [0.5, 0.6) is 0 Å². The Morgan fingerprint density at radius 2 is 1.76 bits per heavy atom. The van der Waals surface area contributed by atoms with Gasteiger partial charge in [0.15, 0.2) is 11.0 Å². The molecule has 1 N–H and O–H groups in total. The van der Waals surface area contributed by atoms with Gasteiger partial charge in [-0.05, 0) is 52.3 Å². The van der Waals surface area contributed by atoms with Crippen LogP contribution in [0.25, 0.3) is 17.1 Å². The number of amides is 1. The number of rotatable bonds is 8. The molecule has 0 fully saturated rings. The number of aromatic nitrogens is 5. The number of carbonyl (C=O) groups excluding carboxylic acids is 1. The summed E-state index contributed by atoms with van der Waals surface area (Å²) in [5.41, 5.74) is 6.81. The molecule has 0 aliphatic heterocycles. The van der Waals surface area contributed by atoms with E-state index in [2.05, 4.69) is 70.2 Å². The van der Waals surface area contributed by atoms with Gasteiger partial charge >= 0.3 is 0 Å². The van der Waals surface area contributed by atoms with Crippen molar-refractivity contribution in [2.24, 2.45) is 0 Å². The number of aryl methyl sites for hydroxylation is 3. The molecule has 0 saturated heterocycles. The van der Waals surface area contributed by atoms with Crippen LogP contribution in [0.4, 0.5) is 5.69 Å². The van der Waals surface area contributed by atoms with Crippen LogP contribution in [0, 0.1) is 27.7 Å². The van der Waals surface area contributed by atoms with Gasteiger partial charge in [-0.2, -0.15) is 5.10 Å². The fourth-order valence-corrected chi connectivity index (χ4v) is 4.65. The topological polar surface area (TPSA) is 77.6 Å². The highest BCUT2D eigenvalue weighted by Crippen LogP contribution is 2.27. The molecule has 0 saturated carbocycles. The van der Waals surface area contributed by atoms with Gasteiger partial charge in [0.05, 0.1) is 28.5 Å². The second-order valence-corrected chi connectivity index (χ2v) is 9.40. The highest BCUT2D eigenvalue weighted by molar-refractivity contribution is 7.99. The predicted octanol–water partition coefficient (Wildman–Crippen LogP) is 5.51. The van der Waals surface area contributed by atoms with Crippen molar-refractivity contribution in [3.8, 4) is 17.1 Å². The zero-order chi connectivity index (χ0) is 24.2. The minimum Gasteiger partial charge on any atom is -0.322 e. The zero-order valence-electron chi connectivity index (χ0n) is 20.3. The van der Waals surface area contributed by atoms with E-state index in [1.165, 1.54) is 22.9 Å². The molecule has 0 aliphatic carbocycles. The summed E-state index contributed by atoms with van der Waals surface area (Å²) in [5.74, 6) is 0.979. The van der Waals surface area contributed by atoms with Crippen LogP contribution in [0.3, 0.4) is 0 Å². The van der Waals surface area contributed by atoms with E-state index in [0.717, 1.165) is 52.3 Å². The predicted molar refractivity (Wildman–Crippen MR) is 138 cm³/mol. The Balaban J connectivity index is 1.48. The molecular formula is C26H30N6OS. The number of anilines is 1. The minimum absolute atomic E-state index is 0.0946. The highest BCUT2D eigenvalue weighted by Gasteiger charge is 2.18. The third kappa shape index (κ3) is 5.07. The Hall–Kier alpha value is -3.39. The summed E-state index contributed by atoms with van der Waals surface area (Å²) < 4.78 is 3.96. The molecule has 4 aromatic rings. The normalized spacial score (nSPS) is 11.1. The molecule has 0 spiro atoms. The molecule has 2 aromatic heterocycles. The monoisotopic (exact) mass is 474 g/mol. The summed E-state index contributed by atoms with van der Waals surface area (Å²) in [6.45, 7) is 10.9. The SMILES string of the molecule is CCCn1c(SCC(=O)Nc2c(C)nn(-c3ccc(C)cc3)c2C)nnc1-c1cccc(C)c1. The van der Waals surface area contributed by atoms with Crippen molar-refractivity contribution < 1.29 is 4.79 Å². The van der Waals surface area contributed by atoms with E-state index in [-0.39, 0.29) is 11.7 Å². The summed E-state index contributed by atoms with van der Waals surface area (Å²) in [6, 6.07) is 16.4. The Labute approximate surface area is 204 Å². The van der Waals surface area contributed by atoms with Crippen LogP contribution in [-0.2, 0) is 11.3 Å². The molecular weight excluding hydrogens is 444 g/mol. The summed E-state index contributed by atoms with van der Waals surface area (Å²) >= 11 is 1.40. The molecule has 1 amide bonds. The van der Waals surface area contributed by atoms with Crippen LogP contribution < -0.4 is 5.32 Å². The fraction of sp³-hybridized carbons (Fsp3) is 0.308. The first-order valence-corrected chi connectivity index (χ1v) is 12.4. The van der Waals surface area contributed by atoms with E-state index < -0.39 is 0 Å².